The van der Waals surface area contributed by atoms with E-state index in [-0.39, 0.29) is 11.6 Å². The van der Waals surface area contributed by atoms with Crippen LogP contribution in [0.15, 0.2) is 18.2 Å². The fraction of sp³-hybridized carbons (Fsp3) is 0.625. The molecule has 1 unspecified atom stereocenters. The van der Waals surface area contributed by atoms with Gasteiger partial charge in [0.1, 0.15) is 11.4 Å². The van der Waals surface area contributed by atoms with Crippen LogP contribution in [0.4, 0.5) is 0 Å². The van der Waals surface area contributed by atoms with Crippen molar-refractivity contribution >= 4 is 0 Å². The van der Waals surface area contributed by atoms with Gasteiger partial charge in [-0.1, -0.05) is 17.7 Å². The van der Waals surface area contributed by atoms with Crippen LogP contribution in [0.3, 0.4) is 0 Å². The van der Waals surface area contributed by atoms with Gasteiger partial charge in [-0.2, -0.15) is 0 Å². The fourth-order valence-corrected chi connectivity index (χ4v) is 3.45. The molecule has 1 spiro atoms. The largest absolute Gasteiger partial charge is 0.487 e. The molecule has 1 aromatic rings. The third-order valence-corrected chi connectivity index (χ3v) is 4.60. The Morgan fingerprint density at radius 3 is 3.00 bits per heavy atom. The van der Waals surface area contributed by atoms with E-state index in [4.69, 9.17) is 10.5 Å². The molecule has 2 N–H and O–H groups in total. The zero-order valence-electron chi connectivity index (χ0n) is 12.0. The number of rotatable bonds is 0. The van der Waals surface area contributed by atoms with Gasteiger partial charge in [0.2, 0.25) is 0 Å². The highest BCUT2D eigenvalue weighted by molar-refractivity contribution is 5.41. The maximum atomic E-state index is 6.41. The number of aryl methyl sites for hydroxylation is 1. The lowest BCUT2D eigenvalue weighted by molar-refractivity contribution is 0.0223. The second-order valence-electron chi connectivity index (χ2n) is 6.29. The van der Waals surface area contributed by atoms with Crippen molar-refractivity contribution in [2.45, 2.75) is 44.2 Å². The normalized spacial score (nSPS) is 31.6. The Labute approximate surface area is 115 Å². The van der Waals surface area contributed by atoms with E-state index in [9.17, 15) is 0 Å². The smallest absolute Gasteiger partial charge is 0.124 e. The SMILES string of the molecule is Cc1ccc2c(c1)[C@@H](N)CC1(CCCN(C)CC1)O2. The van der Waals surface area contributed by atoms with Gasteiger partial charge in [0.25, 0.3) is 0 Å². The molecule has 2 aliphatic heterocycles. The second kappa shape index (κ2) is 4.80. The molecule has 2 aliphatic rings. The fourth-order valence-electron chi connectivity index (χ4n) is 3.45. The molecule has 1 fully saturated rings. The number of fused-ring (bicyclic) bond motifs is 1. The molecule has 0 aromatic heterocycles. The highest BCUT2D eigenvalue weighted by Crippen LogP contribution is 2.43. The zero-order chi connectivity index (χ0) is 13.5. The van der Waals surface area contributed by atoms with Gasteiger partial charge in [-0.15, -0.1) is 0 Å². The van der Waals surface area contributed by atoms with Gasteiger partial charge in [0.15, 0.2) is 0 Å². The van der Waals surface area contributed by atoms with Gasteiger partial charge in [0.05, 0.1) is 0 Å². The van der Waals surface area contributed by atoms with Crippen LogP contribution in [0, 0.1) is 6.92 Å². The van der Waals surface area contributed by atoms with Crippen LogP contribution in [0.25, 0.3) is 0 Å². The van der Waals surface area contributed by atoms with E-state index in [1.165, 1.54) is 24.1 Å². The topological polar surface area (TPSA) is 38.5 Å². The summed E-state index contributed by atoms with van der Waals surface area (Å²) in [6.07, 6.45) is 4.37. The summed E-state index contributed by atoms with van der Waals surface area (Å²) in [4.78, 5) is 2.40. The van der Waals surface area contributed by atoms with Crippen molar-refractivity contribution in [2.75, 3.05) is 20.1 Å². The first kappa shape index (κ1) is 12.9. The van der Waals surface area contributed by atoms with Crippen LogP contribution in [0.5, 0.6) is 5.75 Å². The number of hydrogen-bond donors (Lipinski definition) is 1. The van der Waals surface area contributed by atoms with Gasteiger partial charge >= 0.3 is 0 Å². The van der Waals surface area contributed by atoms with E-state index >= 15 is 0 Å². The third kappa shape index (κ3) is 2.49. The van der Waals surface area contributed by atoms with Crippen molar-refractivity contribution in [1.29, 1.82) is 0 Å². The first-order chi connectivity index (χ1) is 9.08. The maximum absolute atomic E-state index is 6.41. The first-order valence-corrected chi connectivity index (χ1v) is 7.32. The molecular formula is C16H24N2O. The Morgan fingerprint density at radius 2 is 2.16 bits per heavy atom. The molecule has 0 aliphatic carbocycles. The van der Waals surface area contributed by atoms with E-state index in [1.54, 1.807) is 0 Å². The summed E-state index contributed by atoms with van der Waals surface area (Å²) in [6.45, 7) is 4.38. The van der Waals surface area contributed by atoms with Crippen molar-refractivity contribution in [2.24, 2.45) is 5.73 Å². The van der Waals surface area contributed by atoms with Crippen molar-refractivity contribution in [3.8, 4) is 5.75 Å². The highest BCUT2D eigenvalue weighted by Gasteiger charge is 2.40. The lowest BCUT2D eigenvalue weighted by atomic mass is 9.82. The van der Waals surface area contributed by atoms with E-state index in [2.05, 4.69) is 37.1 Å². The van der Waals surface area contributed by atoms with Crippen LogP contribution in [0.2, 0.25) is 0 Å². The van der Waals surface area contributed by atoms with Gasteiger partial charge in [-0.3, -0.25) is 0 Å². The summed E-state index contributed by atoms with van der Waals surface area (Å²) >= 11 is 0. The summed E-state index contributed by atoms with van der Waals surface area (Å²) in [5.41, 5.74) is 8.82. The summed E-state index contributed by atoms with van der Waals surface area (Å²) in [7, 11) is 2.19. The van der Waals surface area contributed by atoms with E-state index in [0.29, 0.717) is 0 Å². The Kier molecular flexibility index (Phi) is 3.27. The summed E-state index contributed by atoms with van der Waals surface area (Å²) in [6, 6.07) is 6.51. The third-order valence-electron chi connectivity index (χ3n) is 4.60. The second-order valence-corrected chi connectivity index (χ2v) is 6.29. The minimum Gasteiger partial charge on any atom is -0.487 e. The van der Waals surface area contributed by atoms with Crippen LogP contribution in [-0.4, -0.2) is 30.6 Å². The lowest BCUT2D eigenvalue weighted by Crippen LogP contribution is -2.43. The zero-order valence-corrected chi connectivity index (χ0v) is 12.0. The minimum atomic E-state index is -0.0353. The molecule has 104 valence electrons. The van der Waals surface area contributed by atoms with Gasteiger partial charge in [-0.25, -0.2) is 0 Å². The Bertz CT molecular complexity index is 474. The molecule has 1 saturated heterocycles. The molecule has 0 saturated carbocycles. The summed E-state index contributed by atoms with van der Waals surface area (Å²) in [5, 5.41) is 0. The molecule has 3 nitrogen and oxygen atoms in total. The molecule has 0 radical (unpaired) electrons. The monoisotopic (exact) mass is 260 g/mol. The molecule has 1 aromatic carbocycles. The predicted molar refractivity (Wildman–Crippen MR) is 77.4 cm³/mol. The van der Waals surface area contributed by atoms with Crippen molar-refractivity contribution in [3.05, 3.63) is 29.3 Å². The minimum absolute atomic E-state index is 0.0353. The summed E-state index contributed by atoms with van der Waals surface area (Å²) in [5.74, 6) is 1.01. The Morgan fingerprint density at radius 1 is 1.32 bits per heavy atom. The molecule has 3 rings (SSSR count). The number of nitrogens with zero attached hydrogens (tertiary/aromatic N) is 1. The number of nitrogens with two attached hydrogens (primary N) is 1. The van der Waals surface area contributed by atoms with Crippen LogP contribution < -0.4 is 10.5 Å². The van der Waals surface area contributed by atoms with Gasteiger partial charge in [-0.05, 0) is 45.8 Å². The molecule has 2 atom stereocenters. The Hall–Kier alpha value is -1.06. The number of ether oxygens (including phenoxy) is 1. The van der Waals surface area contributed by atoms with Crippen molar-refractivity contribution < 1.29 is 4.74 Å². The maximum Gasteiger partial charge on any atom is 0.124 e. The predicted octanol–water partition coefficient (Wildman–Crippen LogP) is 2.63. The van der Waals surface area contributed by atoms with E-state index in [0.717, 1.165) is 31.6 Å². The first-order valence-electron chi connectivity index (χ1n) is 7.32. The standard InChI is InChI=1S/C16H24N2O/c1-12-4-5-15-13(10-12)14(17)11-16(19-15)6-3-8-18(2)9-7-16/h4-5,10,14H,3,6-9,11,17H2,1-2H3/t14-,16?/m0/s1. The average molecular weight is 260 g/mol. The van der Waals surface area contributed by atoms with Gasteiger partial charge < -0.3 is 15.4 Å². The lowest BCUT2D eigenvalue weighted by Gasteiger charge is -2.41. The number of likely N-dealkylation sites (tertiary alicyclic amines) is 1. The molecule has 2 heterocycles. The molecule has 3 heteroatoms. The van der Waals surface area contributed by atoms with Crippen LogP contribution in [-0.2, 0) is 0 Å². The molecule has 0 amide bonds. The van der Waals surface area contributed by atoms with Crippen molar-refractivity contribution in [1.82, 2.24) is 4.90 Å². The number of hydrogen-bond acceptors (Lipinski definition) is 3. The van der Waals surface area contributed by atoms with E-state index in [1.807, 2.05) is 0 Å². The molecule has 19 heavy (non-hydrogen) atoms. The highest BCUT2D eigenvalue weighted by atomic mass is 16.5. The number of benzene rings is 1. The quantitative estimate of drug-likeness (QED) is 0.779. The average Bonchev–Trinajstić information content (AvgIpc) is 2.54. The summed E-state index contributed by atoms with van der Waals surface area (Å²) < 4.78 is 6.41. The van der Waals surface area contributed by atoms with Gasteiger partial charge in [0, 0.05) is 24.6 Å². The van der Waals surface area contributed by atoms with Crippen molar-refractivity contribution in [3.63, 3.8) is 0 Å². The Balaban J connectivity index is 1.89. The van der Waals surface area contributed by atoms with Crippen LogP contribution >= 0.6 is 0 Å². The van der Waals surface area contributed by atoms with Crippen LogP contribution in [0.1, 0.15) is 42.9 Å². The molecular weight excluding hydrogens is 236 g/mol. The molecule has 0 bridgehead atoms. The van der Waals surface area contributed by atoms with E-state index < -0.39 is 0 Å².